The van der Waals surface area contributed by atoms with E-state index in [2.05, 4.69) is 10.3 Å². The average Bonchev–Trinajstić information content (AvgIpc) is 2.89. The summed E-state index contributed by atoms with van der Waals surface area (Å²) in [6, 6.07) is 15.6. The Morgan fingerprint density at radius 3 is 2.54 bits per heavy atom. The van der Waals surface area contributed by atoms with Crippen LogP contribution in [0.4, 0.5) is 10.1 Å². The maximum Gasteiger partial charge on any atom is 0.277 e. The van der Waals surface area contributed by atoms with E-state index in [1.165, 1.54) is 17.2 Å². The first-order chi connectivity index (χ1) is 17.0. The van der Waals surface area contributed by atoms with Crippen LogP contribution in [0.1, 0.15) is 59.8 Å². The summed E-state index contributed by atoms with van der Waals surface area (Å²) < 4.78 is 20.1. The highest BCUT2D eigenvalue weighted by molar-refractivity contribution is 6.09. The molecule has 2 aromatic carbocycles. The second-order valence-electron chi connectivity index (χ2n) is 8.85. The zero-order valence-corrected chi connectivity index (χ0v) is 20.0. The molecule has 1 heterocycles. The molecular formula is C28H30FN3O3. The smallest absolute Gasteiger partial charge is 0.277 e. The van der Waals surface area contributed by atoms with E-state index in [4.69, 9.17) is 4.74 Å². The molecule has 1 aliphatic rings. The number of ether oxygens (including phenoxy) is 1. The van der Waals surface area contributed by atoms with E-state index >= 15 is 0 Å². The third-order valence-corrected chi connectivity index (χ3v) is 6.40. The van der Waals surface area contributed by atoms with Crippen molar-refractivity contribution in [3.05, 3.63) is 89.5 Å². The number of nitrogens with one attached hydrogen (secondary N) is 1. The molecular weight excluding hydrogens is 445 g/mol. The van der Waals surface area contributed by atoms with E-state index < -0.39 is 17.8 Å². The molecule has 7 heteroatoms. The molecule has 0 unspecified atom stereocenters. The quantitative estimate of drug-likeness (QED) is 0.498. The second-order valence-corrected chi connectivity index (χ2v) is 8.85. The van der Waals surface area contributed by atoms with Crippen LogP contribution in [0.3, 0.4) is 0 Å². The van der Waals surface area contributed by atoms with E-state index in [0.29, 0.717) is 16.9 Å². The van der Waals surface area contributed by atoms with Gasteiger partial charge in [-0.1, -0.05) is 43.5 Å². The number of rotatable bonds is 7. The second kappa shape index (κ2) is 11.1. The van der Waals surface area contributed by atoms with E-state index in [1.54, 1.807) is 68.6 Å². The van der Waals surface area contributed by atoms with Crippen molar-refractivity contribution in [1.82, 2.24) is 10.3 Å². The zero-order chi connectivity index (χ0) is 24.8. The highest BCUT2D eigenvalue weighted by atomic mass is 19.1. The normalized spacial score (nSPS) is 14.7. The van der Waals surface area contributed by atoms with Crippen LogP contribution in [0.25, 0.3) is 0 Å². The van der Waals surface area contributed by atoms with Crippen LogP contribution in [0.2, 0.25) is 0 Å². The Morgan fingerprint density at radius 1 is 1.06 bits per heavy atom. The number of hydrogen-bond acceptors (Lipinski definition) is 4. The van der Waals surface area contributed by atoms with Crippen LogP contribution in [0.5, 0.6) is 5.75 Å². The molecule has 1 N–H and O–H groups in total. The summed E-state index contributed by atoms with van der Waals surface area (Å²) in [6.45, 7) is 1.65. The van der Waals surface area contributed by atoms with Gasteiger partial charge in [0.25, 0.3) is 5.91 Å². The predicted molar refractivity (Wildman–Crippen MR) is 133 cm³/mol. The van der Waals surface area contributed by atoms with Gasteiger partial charge in [0.1, 0.15) is 23.3 Å². The van der Waals surface area contributed by atoms with Gasteiger partial charge in [-0.05, 0) is 67.3 Å². The number of anilines is 1. The fourth-order valence-corrected chi connectivity index (χ4v) is 4.48. The SMILES string of the molecule is COc1cccc([C@H](C(=O)NC2CCCCC2)N(C(=O)c2ccccn2)c2ccc(C)c(F)c2)c1. The molecule has 3 aromatic rings. The van der Waals surface area contributed by atoms with Crippen LogP contribution in [0.15, 0.2) is 66.9 Å². The molecule has 1 saturated carbocycles. The highest BCUT2D eigenvalue weighted by Gasteiger charge is 2.35. The monoisotopic (exact) mass is 475 g/mol. The van der Waals surface area contributed by atoms with Crippen molar-refractivity contribution in [1.29, 1.82) is 0 Å². The van der Waals surface area contributed by atoms with Gasteiger partial charge in [-0.15, -0.1) is 0 Å². The van der Waals surface area contributed by atoms with Gasteiger partial charge in [0, 0.05) is 17.9 Å². The number of halogens is 1. The lowest BCUT2D eigenvalue weighted by molar-refractivity contribution is -0.123. The van der Waals surface area contributed by atoms with Crippen LogP contribution in [-0.2, 0) is 4.79 Å². The Balaban J connectivity index is 1.84. The Labute approximate surface area is 205 Å². The zero-order valence-electron chi connectivity index (χ0n) is 20.0. The Hall–Kier alpha value is -3.74. The summed E-state index contributed by atoms with van der Waals surface area (Å²) in [7, 11) is 1.54. The van der Waals surface area contributed by atoms with Gasteiger partial charge in [0.2, 0.25) is 5.91 Å². The van der Waals surface area contributed by atoms with Crippen molar-refractivity contribution in [2.45, 2.75) is 51.1 Å². The van der Waals surface area contributed by atoms with Gasteiger partial charge in [-0.3, -0.25) is 19.5 Å². The standard InChI is InChI=1S/C28H30FN3O3/c1-19-14-15-22(18-24(19)29)32(28(34)25-13-6-7-16-30-25)26(20-9-8-12-23(17-20)35-2)27(33)31-21-10-4-3-5-11-21/h6-9,12-18,21,26H,3-5,10-11H2,1-2H3,(H,31,33)/t26-/m1/s1. The molecule has 1 aromatic heterocycles. The summed E-state index contributed by atoms with van der Waals surface area (Å²) in [5.74, 6) is -0.729. The molecule has 0 aliphatic heterocycles. The fraction of sp³-hybridized carbons (Fsp3) is 0.321. The minimum Gasteiger partial charge on any atom is -0.497 e. The van der Waals surface area contributed by atoms with Crippen LogP contribution >= 0.6 is 0 Å². The first kappa shape index (κ1) is 24.4. The van der Waals surface area contributed by atoms with Crippen molar-refractivity contribution in [3.63, 3.8) is 0 Å². The molecule has 0 bridgehead atoms. The molecule has 0 saturated heterocycles. The molecule has 4 rings (SSSR count). The third-order valence-electron chi connectivity index (χ3n) is 6.40. The topological polar surface area (TPSA) is 71.5 Å². The molecule has 0 radical (unpaired) electrons. The first-order valence-corrected chi connectivity index (χ1v) is 11.9. The molecule has 1 atom stereocenters. The lowest BCUT2D eigenvalue weighted by Crippen LogP contribution is -2.47. The van der Waals surface area contributed by atoms with Gasteiger partial charge < -0.3 is 10.1 Å². The first-order valence-electron chi connectivity index (χ1n) is 11.9. The predicted octanol–water partition coefficient (Wildman–Crippen LogP) is 5.37. The van der Waals surface area contributed by atoms with Crippen molar-refractivity contribution in [2.24, 2.45) is 0 Å². The number of carbonyl (C=O) groups excluding carboxylic acids is 2. The maximum atomic E-state index is 14.7. The number of nitrogens with zero attached hydrogens (tertiary/aromatic N) is 2. The Morgan fingerprint density at radius 2 is 1.86 bits per heavy atom. The molecule has 0 spiro atoms. The lowest BCUT2D eigenvalue weighted by Gasteiger charge is -2.33. The van der Waals surface area contributed by atoms with Gasteiger partial charge in [0.05, 0.1) is 7.11 Å². The molecule has 35 heavy (non-hydrogen) atoms. The van der Waals surface area contributed by atoms with Crippen molar-refractivity contribution >= 4 is 17.5 Å². The average molecular weight is 476 g/mol. The summed E-state index contributed by atoms with van der Waals surface area (Å²) >= 11 is 0. The van der Waals surface area contributed by atoms with E-state index in [1.807, 2.05) is 0 Å². The molecule has 182 valence electrons. The molecule has 1 fully saturated rings. The third kappa shape index (κ3) is 5.67. The number of methoxy groups -OCH3 is 1. The highest BCUT2D eigenvalue weighted by Crippen LogP contribution is 2.32. The van der Waals surface area contributed by atoms with Crippen LogP contribution < -0.4 is 15.0 Å². The van der Waals surface area contributed by atoms with Crippen LogP contribution in [0, 0.1) is 12.7 Å². The Bertz CT molecular complexity index is 1180. The summed E-state index contributed by atoms with van der Waals surface area (Å²) in [6.07, 6.45) is 6.55. The number of aryl methyl sites for hydroxylation is 1. The number of hydrogen-bond donors (Lipinski definition) is 1. The Kier molecular flexibility index (Phi) is 7.75. The van der Waals surface area contributed by atoms with Gasteiger partial charge in [0.15, 0.2) is 0 Å². The van der Waals surface area contributed by atoms with Gasteiger partial charge >= 0.3 is 0 Å². The van der Waals surface area contributed by atoms with Crippen molar-refractivity contribution in [3.8, 4) is 5.75 Å². The molecule has 2 amide bonds. The lowest BCUT2D eigenvalue weighted by atomic mass is 9.94. The summed E-state index contributed by atoms with van der Waals surface area (Å²) in [5.41, 5.74) is 1.44. The molecule has 1 aliphatic carbocycles. The summed E-state index contributed by atoms with van der Waals surface area (Å²) in [5, 5.41) is 3.15. The van der Waals surface area contributed by atoms with E-state index in [9.17, 15) is 14.0 Å². The van der Waals surface area contributed by atoms with E-state index in [0.717, 1.165) is 32.1 Å². The van der Waals surface area contributed by atoms with Crippen molar-refractivity contribution in [2.75, 3.05) is 12.0 Å². The minimum atomic E-state index is -1.05. The minimum absolute atomic E-state index is 0.0333. The summed E-state index contributed by atoms with van der Waals surface area (Å²) in [4.78, 5) is 33.2. The number of amides is 2. The number of aromatic nitrogens is 1. The number of carbonyl (C=O) groups is 2. The number of benzene rings is 2. The largest absolute Gasteiger partial charge is 0.497 e. The van der Waals surface area contributed by atoms with Gasteiger partial charge in [-0.2, -0.15) is 0 Å². The maximum absolute atomic E-state index is 14.7. The van der Waals surface area contributed by atoms with E-state index in [-0.39, 0.29) is 23.3 Å². The van der Waals surface area contributed by atoms with Crippen LogP contribution in [-0.4, -0.2) is 29.9 Å². The van der Waals surface area contributed by atoms with Crippen molar-refractivity contribution < 1.29 is 18.7 Å². The fourth-order valence-electron chi connectivity index (χ4n) is 4.48. The number of pyridine rings is 1. The van der Waals surface area contributed by atoms with Gasteiger partial charge in [-0.25, -0.2) is 4.39 Å². The molecule has 6 nitrogen and oxygen atoms in total.